The number of allylic oxidation sites excluding steroid dienone is 1. The molecule has 2 aromatic heterocycles. The molecule has 0 spiro atoms. The number of halogens is 3. The molecule has 0 aliphatic carbocycles. The number of benzene rings is 1. The lowest BCUT2D eigenvalue weighted by molar-refractivity contribution is 0.100. The van der Waals surface area contributed by atoms with Gasteiger partial charge in [-0.25, -0.2) is 8.78 Å². The molecule has 118 valence electrons. The molecule has 0 unspecified atom stereocenters. The Kier molecular flexibility index (Phi) is 4.43. The largest absolute Gasteiger partial charge is 0.310 e. The van der Waals surface area contributed by atoms with Crippen LogP contribution in [-0.4, -0.2) is 10.5 Å². The summed E-state index contributed by atoms with van der Waals surface area (Å²) < 4.78 is 29.8. The standard InChI is InChI=1S/C15H9ClF2N2OS2/c1-2-5-20-13-9(18)6-8(17)7-11(13)23-15(20)19-14(21)10-3-4-12(16)22-10/h2-4,6-7H,1,5H2. The van der Waals surface area contributed by atoms with Crippen LogP contribution in [0.25, 0.3) is 10.2 Å². The van der Waals surface area contributed by atoms with Crippen molar-refractivity contribution < 1.29 is 13.6 Å². The Morgan fingerprint density at radius 1 is 1.35 bits per heavy atom. The minimum absolute atomic E-state index is 0.201. The molecule has 0 saturated carbocycles. The maximum Gasteiger partial charge on any atom is 0.289 e. The summed E-state index contributed by atoms with van der Waals surface area (Å²) in [6.45, 7) is 3.87. The average molecular weight is 371 g/mol. The number of nitrogens with zero attached hydrogens (tertiary/aromatic N) is 2. The third-order valence-corrected chi connectivity index (χ3v) is 5.23. The van der Waals surface area contributed by atoms with Crippen molar-refractivity contribution in [2.24, 2.45) is 4.99 Å². The normalized spacial score (nSPS) is 12.0. The van der Waals surface area contributed by atoms with E-state index in [9.17, 15) is 13.6 Å². The third-order valence-electron chi connectivity index (χ3n) is 2.99. The Labute approximate surface area is 142 Å². The van der Waals surface area contributed by atoms with Crippen molar-refractivity contribution in [2.45, 2.75) is 6.54 Å². The molecule has 0 atom stereocenters. The molecule has 0 fully saturated rings. The maximum absolute atomic E-state index is 14.1. The lowest BCUT2D eigenvalue weighted by Gasteiger charge is -2.02. The molecule has 8 heteroatoms. The molecular formula is C15H9ClF2N2OS2. The molecule has 1 aromatic carbocycles. The summed E-state index contributed by atoms with van der Waals surface area (Å²) in [6.07, 6.45) is 1.56. The van der Waals surface area contributed by atoms with Gasteiger partial charge in [0.25, 0.3) is 5.91 Å². The number of thiazole rings is 1. The van der Waals surface area contributed by atoms with Gasteiger partial charge in [-0.1, -0.05) is 29.0 Å². The molecule has 0 bridgehead atoms. The van der Waals surface area contributed by atoms with Crippen LogP contribution in [0.4, 0.5) is 8.78 Å². The molecule has 23 heavy (non-hydrogen) atoms. The van der Waals surface area contributed by atoms with Crippen molar-refractivity contribution in [1.29, 1.82) is 0 Å². The van der Waals surface area contributed by atoms with Crippen molar-refractivity contribution in [3.8, 4) is 0 Å². The van der Waals surface area contributed by atoms with Gasteiger partial charge in [0.05, 0.1) is 19.4 Å². The van der Waals surface area contributed by atoms with Crippen molar-refractivity contribution in [2.75, 3.05) is 0 Å². The third kappa shape index (κ3) is 3.12. The number of thiophene rings is 1. The summed E-state index contributed by atoms with van der Waals surface area (Å²) in [5.74, 6) is -1.86. The Balaban J connectivity index is 2.22. The molecule has 0 N–H and O–H groups in total. The zero-order valence-corrected chi connectivity index (χ0v) is 13.9. The highest BCUT2D eigenvalue weighted by Gasteiger charge is 2.14. The second-order valence-electron chi connectivity index (χ2n) is 4.54. The van der Waals surface area contributed by atoms with Crippen LogP contribution < -0.4 is 4.80 Å². The summed E-state index contributed by atoms with van der Waals surface area (Å²) in [6, 6.07) is 5.20. The fraction of sp³-hybridized carbons (Fsp3) is 0.0667. The van der Waals surface area contributed by atoms with Gasteiger partial charge in [0, 0.05) is 12.6 Å². The second kappa shape index (κ2) is 6.35. The monoisotopic (exact) mass is 370 g/mol. The summed E-state index contributed by atoms with van der Waals surface area (Å²) in [7, 11) is 0. The number of carbonyl (C=O) groups is 1. The van der Waals surface area contributed by atoms with Crippen LogP contribution in [0.5, 0.6) is 0 Å². The van der Waals surface area contributed by atoms with Gasteiger partial charge in [0.1, 0.15) is 5.82 Å². The van der Waals surface area contributed by atoms with Crippen LogP contribution in [0.15, 0.2) is 41.9 Å². The number of aromatic nitrogens is 1. The number of fused-ring (bicyclic) bond motifs is 1. The zero-order valence-electron chi connectivity index (χ0n) is 11.6. The van der Waals surface area contributed by atoms with E-state index >= 15 is 0 Å². The fourth-order valence-corrected chi connectivity index (χ4v) is 4.09. The smallest absolute Gasteiger partial charge is 0.289 e. The number of hydrogen-bond donors (Lipinski definition) is 0. The fourth-order valence-electron chi connectivity index (χ4n) is 2.08. The molecule has 3 aromatic rings. The van der Waals surface area contributed by atoms with Gasteiger partial charge in [-0.3, -0.25) is 4.79 Å². The first-order valence-corrected chi connectivity index (χ1v) is 8.44. The molecule has 0 aliphatic rings. The van der Waals surface area contributed by atoms with Gasteiger partial charge < -0.3 is 4.57 Å². The number of hydrogen-bond acceptors (Lipinski definition) is 3. The van der Waals surface area contributed by atoms with Gasteiger partial charge in [-0.2, -0.15) is 4.99 Å². The number of carbonyl (C=O) groups excluding carboxylic acids is 1. The van der Waals surface area contributed by atoms with Crippen LogP contribution in [0.1, 0.15) is 9.67 Å². The second-order valence-corrected chi connectivity index (χ2v) is 7.26. The van der Waals surface area contributed by atoms with Gasteiger partial charge >= 0.3 is 0 Å². The van der Waals surface area contributed by atoms with Crippen molar-refractivity contribution in [3.05, 3.63) is 62.6 Å². The lowest BCUT2D eigenvalue weighted by atomic mass is 10.3. The van der Waals surface area contributed by atoms with Crippen LogP contribution in [-0.2, 0) is 6.54 Å². The molecule has 0 radical (unpaired) electrons. The zero-order chi connectivity index (χ0) is 16.6. The van der Waals surface area contributed by atoms with Gasteiger partial charge in [0.2, 0.25) is 0 Å². The number of rotatable bonds is 3. The van der Waals surface area contributed by atoms with Crippen LogP contribution in [0.3, 0.4) is 0 Å². The van der Waals surface area contributed by atoms with Gasteiger partial charge in [-0.05, 0) is 18.2 Å². The van der Waals surface area contributed by atoms with Gasteiger partial charge in [-0.15, -0.1) is 17.9 Å². The van der Waals surface area contributed by atoms with Crippen LogP contribution >= 0.6 is 34.3 Å². The summed E-state index contributed by atoms with van der Waals surface area (Å²) >= 11 is 7.96. The predicted molar refractivity (Wildman–Crippen MR) is 89.2 cm³/mol. The quantitative estimate of drug-likeness (QED) is 0.619. The Morgan fingerprint density at radius 3 is 2.78 bits per heavy atom. The first-order chi connectivity index (χ1) is 11.0. The minimum atomic E-state index is -0.703. The Morgan fingerprint density at radius 2 is 2.13 bits per heavy atom. The van der Waals surface area contributed by atoms with E-state index in [1.165, 1.54) is 10.6 Å². The molecule has 1 amide bonds. The number of amides is 1. The van der Waals surface area contributed by atoms with Crippen molar-refractivity contribution >= 4 is 50.4 Å². The summed E-state index contributed by atoms with van der Waals surface area (Å²) in [5.41, 5.74) is 0.201. The maximum atomic E-state index is 14.1. The van der Waals surface area contributed by atoms with E-state index in [1.54, 1.807) is 18.2 Å². The van der Waals surface area contributed by atoms with Crippen LogP contribution in [0, 0.1) is 11.6 Å². The topological polar surface area (TPSA) is 34.4 Å². The van der Waals surface area contributed by atoms with Crippen LogP contribution in [0.2, 0.25) is 4.34 Å². The Bertz CT molecular complexity index is 987. The summed E-state index contributed by atoms with van der Waals surface area (Å²) in [5, 5.41) is 0. The van der Waals surface area contributed by atoms with E-state index in [0.717, 1.165) is 28.7 Å². The minimum Gasteiger partial charge on any atom is -0.310 e. The van der Waals surface area contributed by atoms with Crippen molar-refractivity contribution in [1.82, 2.24) is 4.57 Å². The van der Waals surface area contributed by atoms with E-state index < -0.39 is 17.5 Å². The molecular weight excluding hydrogens is 362 g/mol. The molecule has 2 heterocycles. The van der Waals surface area contributed by atoms with E-state index in [4.69, 9.17) is 11.6 Å². The average Bonchev–Trinajstić information content (AvgIpc) is 3.04. The van der Waals surface area contributed by atoms with E-state index in [0.29, 0.717) is 13.9 Å². The van der Waals surface area contributed by atoms with Gasteiger partial charge in [0.15, 0.2) is 10.6 Å². The highest BCUT2D eigenvalue weighted by atomic mass is 35.5. The first kappa shape index (κ1) is 16.0. The SMILES string of the molecule is C=CCn1c(=NC(=O)c2ccc(Cl)s2)sc2cc(F)cc(F)c21. The highest BCUT2D eigenvalue weighted by molar-refractivity contribution is 7.18. The highest BCUT2D eigenvalue weighted by Crippen LogP contribution is 2.24. The molecule has 3 nitrogen and oxygen atoms in total. The predicted octanol–water partition coefficient (Wildman–Crippen LogP) is 4.62. The molecule has 3 rings (SSSR count). The Hall–Kier alpha value is -1.83. The van der Waals surface area contributed by atoms with Crippen molar-refractivity contribution in [3.63, 3.8) is 0 Å². The summed E-state index contributed by atoms with van der Waals surface area (Å²) in [4.78, 5) is 16.9. The van der Waals surface area contributed by atoms with E-state index in [2.05, 4.69) is 11.6 Å². The van der Waals surface area contributed by atoms with E-state index in [-0.39, 0.29) is 16.9 Å². The molecule has 0 saturated heterocycles. The lowest BCUT2D eigenvalue weighted by Crippen LogP contribution is -2.16. The van der Waals surface area contributed by atoms with E-state index in [1.807, 2.05) is 0 Å². The molecule has 0 aliphatic heterocycles. The first-order valence-electron chi connectivity index (χ1n) is 6.43.